The fourth-order valence-corrected chi connectivity index (χ4v) is 3.40. The van der Waals surface area contributed by atoms with Gasteiger partial charge in [0.1, 0.15) is 5.82 Å². The summed E-state index contributed by atoms with van der Waals surface area (Å²) in [6.07, 6.45) is 5.71. The second-order valence-electron chi connectivity index (χ2n) is 6.85. The molecule has 0 spiro atoms. The summed E-state index contributed by atoms with van der Waals surface area (Å²) in [5, 5.41) is 19.9. The fraction of sp³-hybridized carbons (Fsp3) is 0.667. The number of guanidine groups is 1. The maximum atomic E-state index is 4.49. The van der Waals surface area contributed by atoms with E-state index in [9.17, 15) is 0 Å². The molecule has 0 bridgehead atoms. The Morgan fingerprint density at radius 2 is 2.04 bits per heavy atom. The van der Waals surface area contributed by atoms with E-state index in [4.69, 9.17) is 0 Å². The third-order valence-electron chi connectivity index (χ3n) is 4.77. The number of nitrogens with one attached hydrogen (secondary N) is 2. The van der Waals surface area contributed by atoms with Crippen molar-refractivity contribution in [2.24, 2.45) is 4.99 Å². The number of aryl methyl sites for hydroxylation is 4. The number of halogens is 1. The summed E-state index contributed by atoms with van der Waals surface area (Å²) in [4.78, 5) is 4.30. The van der Waals surface area contributed by atoms with E-state index in [2.05, 4.69) is 53.2 Å². The molecule has 0 aliphatic carbocycles. The average molecular weight is 486 g/mol. The number of hydrogen-bond donors (Lipinski definition) is 2. The molecule has 0 unspecified atom stereocenters. The maximum Gasteiger partial charge on any atom is 0.191 e. The lowest BCUT2D eigenvalue weighted by Gasteiger charge is -2.13. The van der Waals surface area contributed by atoms with E-state index >= 15 is 0 Å². The predicted octanol–water partition coefficient (Wildman–Crippen LogP) is 2.19. The molecule has 0 saturated carbocycles. The van der Waals surface area contributed by atoms with Gasteiger partial charge in [0.15, 0.2) is 11.8 Å². The van der Waals surface area contributed by atoms with Crippen molar-refractivity contribution in [1.82, 2.24) is 35.2 Å². The van der Waals surface area contributed by atoms with Gasteiger partial charge in [-0.3, -0.25) is 9.67 Å². The van der Waals surface area contributed by atoms with Gasteiger partial charge in [-0.15, -0.1) is 34.2 Å². The van der Waals surface area contributed by atoms with Crippen molar-refractivity contribution in [3.63, 3.8) is 0 Å². The highest BCUT2D eigenvalue weighted by Gasteiger charge is 2.14. The zero-order chi connectivity index (χ0) is 18.4. The van der Waals surface area contributed by atoms with Crippen LogP contribution >= 0.6 is 24.0 Å². The second kappa shape index (κ2) is 10.6. The number of rotatable bonds is 6. The highest BCUT2D eigenvalue weighted by atomic mass is 127. The Morgan fingerprint density at radius 3 is 2.78 bits per heavy atom. The first-order valence-corrected chi connectivity index (χ1v) is 9.54. The van der Waals surface area contributed by atoms with Crippen molar-refractivity contribution in [2.75, 3.05) is 13.6 Å². The molecule has 0 amide bonds. The summed E-state index contributed by atoms with van der Waals surface area (Å²) >= 11 is 0. The second-order valence-corrected chi connectivity index (χ2v) is 6.85. The molecule has 0 saturated heterocycles. The zero-order valence-electron chi connectivity index (χ0n) is 16.5. The summed E-state index contributed by atoms with van der Waals surface area (Å²) in [5.41, 5.74) is 2.28. The van der Waals surface area contributed by atoms with Crippen LogP contribution in [-0.2, 0) is 26.1 Å². The van der Waals surface area contributed by atoms with Crippen molar-refractivity contribution in [3.05, 3.63) is 29.1 Å². The van der Waals surface area contributed by atoms with Gasteiger partial charge in [0.05, 0.1) is 12.2 Å². The minimum Gasteiger partial charge on any atom is -0.356 e. The minimum absolute atomic E-state index is 0. The van der Waals surface area contributed by atoms with Crippen LogP contribution in [0, 0.1) is 13.8 Å². The van der Waals surface area contributed by atoms with Gasteiger partial charge in [0.2, 0.25) is 0 Å². The molecule has 8 nitrogen and oxygen atoms in total. The summed E-state index contributed by atoms with van der Waals surface area (Å²) in [6, 6.07) is 2.11. The van der Waals surface area contributed by atoms with Gasteiger partial charge in [0, 0.05) is 38.8 Å². The normalized spacial score (nSPS) is 14.3. The minimum atomic E-state index is 0. The van der Waals surface area contributed by atoms with Gasteiger partial charge in [0.25, 0.3) is 0 Å². The van der Waals surface area contributed by atoms with Crippen molar-refractivity contribution in [1.29, 1.82) is 0 Å². The largest absolute Gasteiger partial charge is 0.356 e. The summed E-state index contributed by atoms with van der Waals surface area (Å²) in [6.45, 7) is 7.53. The van der Waals surface area contributed by atoms with E-state index in [1.165, 1.54) is 25.0 Å². The molecule has 0 fully saturated rings. The molecule has 0 radical (unpaired) electrons. The van der Waals surface area contributed by atoms with Crippen molar-refractivity contribution in [2.45, 2.75) is 65.6 Å². The lowest BCUT2D eigenvalue weighted by Crippen LogP contribution is -2.38. The molecule has 0 atom stereocenters. The third kappa shape index (κ3) is 5.91. The number of aromatic nitrogens is 5. The van der Waals surface area contributed by atoms with E-state index < -0.39 is 0 Å². The Kier molecular flexibility index (Phi) is 8.52. The molecule has 2 aromatic rings. The summed E-state index contributed by atoms with van der Waals surface area (Å²) < 4.78 is 4.31. The number of fused-ring (bicyclic) bond motifs is 1. The van der Waals surface area contributed by atoms with Gasteiger partial charge in [-0.1, -0.05) is 6.42 Å². The lowest BCUT2D eigenvalue weighted by molar-refractivity contribution is 0.554. The van der Waals surface area contributed by atoms with Crippen LogP contribution in [0.2, 0.25) is 0 Å². The summed E-state index contributed by atoms with van der Waals surface area (Å²) in [7, 11) is 1.79. The molecule has 1 aliphatic heterocycles. The first-order chi connectivity index (χ1) is 12.7. The molecule has 1 aliphatic rings. The molecule has 2 aromatic heterocycles. The monoisotopic (exact) mass is 486 g/mol. The third-order valence-corrected chi connectivity index (χ3v) is 4.77. The van der Waals surface area contributed by atoms with Crippen LogP contribution in [0.1, 0.15) is 48.7 Å². The predicted molar refractivity (Wildman–Crippen MR) is 118 cm³/mol. The average Bonchev–Trinajstić information content (AvgIpc) is 3.06. The van der Waals surface area contributed by atoms with E-state index in [1.807, 2.05) is 6.92 Å². The smallest absolute Gasteiger partial charge is 0.191 e. The van der Waals surface area contributed by atoms with Crippen LogP contribution in [0.3, 0.4) is 0 Å². The number of nitrogens with zero attached hydrogens (tertiary/aromatic N) is 6. The van der Waals surface area contributed by atoms with E-state index in [0.29, 0.717) is 6.54 Å². The van der Waals surface area contributed by atoms with Gasteiger partial charge in [-0.2, -0.15) is 5.10 Å². The van der Waals surface area contributed by atoms with Crippen LogP contribution in [0.4, 0.5) is 0 Å². The highest BCUT2D eigenvalue weighted by Crippen LogP contribution is 2.14. The lowest BCUT2D eigenvalue weighted by atomic mass is 10.2. The molecule has 150 valence electrons. The Labute approximate surface area is 178 Å². The zero-order valence-corrected chi connectivity index (χ0v) is 18.9. The van der Waals surface area contributed by atoms with Gasteiger partial charge in [-0.25, -0.2) is 0 Å². The Balaban J connectivity index is 0.00000261. The SMILES string of the molecule is CN=C(NCCCn1nc(C)cc1C)NCc1nnc2n1CCCCC2.I. The number of aliphatic imine (C=N–C) groups is 1. The van der Waals surface area contributed by atoms with Gasteiger partial charge >= 0.3 is 0 Å². The molecule has 0 aromatic carbocycles. The molecular weight excluding hydrogens is 455 g/mol. The Bertz CT molecular complexity index is 749. The topological polar surface area (TPSA) is 84.9 Å². The van der Waals surface area contributed by atoms with E-state index in [-0.39, 0.29) is 24.0 Å². The Hall–Kier alpha value is -1.65. The molecule has 3 rings (SSSR count). The van der Waals surface area contributed by atoms with Crippen LogP contribution in [0.5, 0.6) is 0 Å². The molecular formula is C18H31IN8. The first kappa shape index (κ1) is 21.6. The van der Waals surface area contributed by atoms with Gasteiger partial charge < -0.3 is 15.2 Å². The molecule has 9 heteroatoms. The molecule has 2 N–H and O–H groups in total. The van der Waals surface area contributed by atoms with Gasteiger partial charge in [-0.05, 0) is 39.2 Å². The number of hydrogen-bond acceptors (Lipinski definition) is 4. The van der Waals surface area contributed by atoms with Crippen LogP contribution in [0.15, 0.2) is 11.1 Å². The quantitative estimate of drug-likeness (QED) is 0.283. The molecule has 27 heavy (non-hydrogen) atoms. The van der Waals surface area contributed by atoms with Crippen LogP contribution in [-0.4, -0.2) is 44.1 Å². The van der Waals surface area contributed by atoms with E-state index in [1.54, 1.807) is 7.05 Å². The van der Waals surface area contributed by atoms with Crippen LogP contribution in [0.25, 0.3) is 0 Å². The first-order valence-electron chi connectivity index (χ1n) is 9.54. The van der Waals surface area contributed by atoms with Crippen molar-refractivity contribution in [3.8, 4) is 0 Å². The highest BCUT2D eigenvalue weighted by molar-refractivity contribution is 14.0. The van der Waals surface area contributed by atoms with Crippen molar-refractivity contribution >= 4 is 29.9 Å². The van der Waals surface area contributed by atoms with Crippen molar-refractivity contribution < 1.29 is 0 Å². The summed E-state index contributed by atoms with van der Waals surface area (Å²) in [5.74, 6) is 2.91. The fourth-order valence-electron chi connectivity index (χ4n) is 3.40. The van der Waals surface area contributed by atoms with E-state index in [0.717, 1.165) is 55.8 Å². The maximum absolute atomic E-state index is 4.49. The standard InChI is InChI=1S/C18H30N8.HI/c1-14-12-15(2)26(24-14)11-7-9-20-18(19-3)21-13-17-23-22-16-8-5-4-6-10-25(16)17;/h12H,4-11,13H2,1-3H3,(H2,19,20,21);1H. The Morgan fingerprint density at radius 1 is 1.19 bits per heavy atom. The molecule has 3 heterocycles. The van der Waals surface area contributed by atoms with Crippen LogP contribution < -0.4 is 10.6 Å².